The summed E-state index contributed by atoms with van der Waals surface area (Å²) in [6.45, 7) is 6.53. The standard InChI is InChI=1S/C28H36N2O5/c1-4-18(2)15-25(27(32)33)30-26(31)14-13-19(3)16-29-28(34)35-17-24-22-11-7-5-9-20(22)21-10-6-8-12-23(21)24/h5-12,18-19,24-25H,4,13-17H2,1-3H3,(H,29,34)(H,30,31)(H,32,33). The van der Waals surface area contributed by atoms with Crippen LogP contribution in [0.5, 0.6) is 0 Å². The normalized spacial score (nSPS) is 14.8. The van der Waals surface area contributed by atoms with Gasteiger partial charge in [-0.05, 0) is 46.9 Å². The molecule has 188 valence electrons. The highest BCUT2D eigenvalue weighted by atomic mass is 16.5. The van der Waals surface area contributed by atoms with Crippen LogP contribution in [0.2, 0.25) is 0 Å². The van der Waals surface area contributed by atoms with Gasteiger partial charge in [0.2, 0.25) is 5.91 Å². The highest BCUT2D eigenvalue weighted by Gasteiger charge is 2.29. The Labute approximate surface area is 207 Å². The molecule has 2 amide bonds. The van der Waals surface area contributed by atoms with Crippen LogP contribution in [0.3, 0.4) is 0 Å². The van der Waals surface area contributed by atoms with Crippen LogP contribution in [0, 0.1) is 11.8 Å². The van der Waals surface area contributed by atoms with Gasteiger partial charge in [0.05, 0.1) is 0 Å². The average Bonchev–Trinajstić information content (AvgIpc) is 3.18. The summed E-state index contributed by atoms with van der Waals surface area (Å²) >= 11 is 0. The number of hydrogen-bond donors (Lipinski definition) is 3. The molecular weight excluding hydrogens is 444 g/mol. The van der Waals surface area contributed by atoms with Crippen molar-refractivity contribution in [2.45, 2.75) is 58.4 Å². The van der Waals surface area contributed by atoms with Gasteiger partial charge in [0.15, 0.2) is 0 Å². The molecule has 0 heterocycles. The summed E-state index contributed by atoms with van der Waals surface area (Å²) in [4.78, 5) is 36.0. The summed E-state index contributed by atoms with van der Waals surface area (Å²) < 4.78 is 5.55. The van der Waals surface area contributed by atoms with Gasteiger partial charge in [-0.1, -0.05) is 75.7 Å². The molecule has 3 rings (SSSR count). The number of fused-ring (bicyclic) bond motifs is 3. The minimum atomic E-state index is -1.01. The van der Waals surface area contributed by atoms with E-state index in [1.807, 2.05) is 45.0 Å². The van der Waals surface area contributed by atoms with Gasteiger partial charge in [0.1, 0.15) is 12.6 Å². The smallest absolute Gasteiger partial charge is 0.407 e. The number of nitrogens with one attached hydrogen (secondary N) is 2. The molecule has 0 bridgehead atoms. The van der Waals surface area contributed by atoms with Crippen LogP contribution in [0.15, 0.2) is 48.5 Å². The number of rotatable bonds is 12. The number of ether oxygens (including phenoxy) is 1. The molecule has 2 aromatic carbocycles. The van der Waals surface area contributed by atoms with Crippen LogP contribution >= 0.6 is 0 Å². The third-order valence-electron chi connectivity index (χ3n) is 6.77. The molecule has 1 aliphatic carbocycles. The Morgan fingerprint density at radius 1 is 0.971 bits per heavy atom. The fraction of sp³-hybridized carbons (Fsp3) is 0.464. The molecule has 3 atom stereocenters. The third kappa shape index (κ3) is 7.07. The lowest BCUT2D eigenvalue weighted by molar-refractivity contribution is -0.142. The van der Waals surface area contributed by atoms with E-state index in [0.717, 1.165) is 17.5 Å². The van der Waals surface area contributed by atoms with Crippen LogP contribution in [0.1, 0.15) is 63.5 Å². The Balaban J connectivity index is 1.41. The summed E-state index contributed by atoms with van der Waals surface area (Å²) in [6, 6.07) is 15.5. The van der Waals surface area contributed by atoms with Crippen LogP contribution < -0.4 is 10.6 Å². The summed E-state index contributed by atoms with van der Waals surface area (Å²) in [7, 11) is 0. The number of hydrogen-bond acceptors (Lipinski definition) is 4. The number of aliphatic carboxylic acids is 1. The molecular formula is C28H36N2O5. The van der Waals surface area contributed by atoms with E-state index in [-0.39, 0.29) is 36.7 Å². The third-order valence-corrected chi connectivity index (χ3v) is 6.77. The molecule has 7 nitrogen and oxygen atoms in total. The summed E-state index contributed by atoms with van der Waals surface area (Å²) in [6.07, 6.45) is 1.53. The van der Waals surface area contributed by atoms with Crippen LogP contribution in [0.25, 0.3) is 11.1 Å². The van der Waals surface area contributed by atoms with E-state index in [2.05, 4.69) is 34.9 Å². The first-order chi connectivity index (χ1) is 16.8. The lowest BCUT2D eigenvalue weighted by atomic mass is 9.98. The molecule has 1 aliphatic rings. The molecule has 3 unspecified atom stereocenters. The molecule has 0 aromatic heterocycles. The molecule has 7 heteroatoms. The summed E-state index contributed by atoms with van der Waals surface area (Å²) in [5.74, 6) is -1.03. The monoisotopic (exact) mass is 480 g/mol. The first kappa shape index (κ1) is 26.3. The average molecular weight is 481 g/mol. The minimum Gasteiger partial charge on any atom is -0.480 e. The number of amides is 2. The van der Waals surface area contributed by atoms with Gasteiger partial charge in [0.25, 0.3) is 0 Å². The van der Waals surface area contributed by atoms with Crippen LogP contribution in [-0.2, 0) is 14.3 Å². The highest BCUT2D eigenvalue weighted by Crippen LogP contribution is 2.44. The van der Waals surface area contributed by atoms with Crippen molar-refractivity contribution >= 4 is 18.0 Å². The zero-order chi connectivity index (χ0) is 25.4. The van der Waals surface area contributed by atoms with Crippen molar-refractivity contribution in [3.63, 3.8) is 0 Å². The maximum absolute atomic E-state index is 12.3. The van der Waals surface area contributed by atoms with Crippen molar-refractivity contribution in [2.24, 2.45) is 11.8 Å². The Bertz CT molecular complexity index is 992. The van der Waals surface area contributed by atoms with E-state index in [1.165, 1.54) is 11.1 Å². The summed E-state index contributed by atoms with van der Waals surface area (Å²) in [5, 5.41) is 14.8. The first-order valence-corrected chi connectivity index (χ1v) is 12.4. The second-order valence-corrected chi connectivity index (χ2v) is 9.56. The number of carbonyl (C=O) groups is 3. The van der Waals surface area contributed by atoms with Crippen molar-refractivity contribution in [2.75, 3.05) is 13.2 Å². The fourth-order valence-corrected chi connectivity index (χ4v) is 4.44. The summed E-state index contributed by atoms with van der Waals surface area (Å²) in [5.41, 5.74) is 4.68. The molecule has 2 aromatic rings. The lowest BCUT2D eigenvalue weighted by Gasteiger charge is -2.19. The van der Waals surface area contributed by atoms with Gasteiger partial charge in [-0.3, -0.25) is 4.79 Å². The molecule has 3 N–H and O–H groups in total. The second-order valence-electron chi connectivity index (χ2n) is 9.56. The first-order valence-electron chi connectivity index (χ1n) is 12.4. The molecule has 0 aliphatic heterocycles. The Morgan fingerprint density at radius 3 is 2.14 bits per heavy atom. The molecule has 0 spiro atoms. The number of benzene rings is 2. The molecule has 0 radical (unpaired) electrons. The number of alkyl carbamates (subject to hydrolysis) is 1. The predicted molar refractivity (Wildman–Crippen MR) is 135 cm³/mol. The predicted octanol–water partition coefficient (Wildman–Crippen LogP) is 4.95. The van der Waals surface area contributed by atoms with Crippen molar-refractivity contribution in [1.82, 2.24) is 10.6 Å². The number of carboxylic acids is 1. The molecule has 0 saturated heterocycles. The Hall–Kier alpha value is -3.35. The highest BCUT2D eigenvalue weighted by molar-refractivity contribution is 5.83. The quantitative estimate of drug-likeness (QED) is 0.399. The van der Waals surface area contributed by atoms with E-state index >= 15 is 0 Å². The lowest BCUT2D eigenvalue weighted by Crippen LogP contribution is -2.42. The topological polar surface area (TPSA) is 105 Å². The number of carbonyl (C=O) groups excluding carboxylic acids is 2. The van der Waals surface area contributed by atoms with Crippen molar-refractivity contribution < 1.29 is 24.2 Å². The largest absolute Gasteiger partial charge is 0.480 e. The Morgan fingerprint density at radius 2 is 1.57 bits per heavy atom. The van der Waals surface area contributed by atoms with Gasteiger partial charge in [0, 0.05) is 18.9 Å². The Kier molecular flexibility index (Phi) is 9.29. The van der Waals surface area contributed by atoms with Crippen molar-refractivity contribution in [3.8, 4) is 11.1 Å². The number of carboxylic acid groups (broad SMARTS) is 1. The SMILES string of the molecule is CCC(C)CC(NC(=O)CCC(C)CNC(=O)OCC1c2ccccc2-c2ccccc21)C(=O)O. The van der Waals surface area contributed by atoms with E-state index < -0.39 is 18.1 Å². The fourth-order valence-electron chi connectivity index (χ4n) is 4.44. The van der Waals surface area contributed by atoms with E-state index in [9.17, 15) is 19.5 Å². The van der Waals surface area contributed by atoms with Crippen LogP contribution in [-0.4, -0.2) is 42.3 Å². The van der Waals surface area contributed by atoms with E-state index in [1.54, 1.807) is 0 Å². The van der Waals surface area contributed by atoms with Gasteiger partial charge < -0.3 is 20.5 Å². The van der Waals surface area contributed by atoms with Crippen molar-refractivity contribution in [1.29, 1.82) is 0 Å². The van der Waals surface area contributed by atoms with E-state index in [4.69, 9.17) is 4.74 Å². The van der Waals surface area contributed by atoms with Crippen LogP contribution in [0.4, 0.5) is 4.79 Å². The molecule has 0 saturated carbocycles. The van der Waals surface area contributed by atoms with Crippen molar-refractivity contribution in [3.05, 3.63) is 59.7 Å². The van der Waals surface area contributed by atoms with Gasteiger partial charge in [-0.25, -0.2) is 9.59 Å². The zero-order valence-electron chi connectivity index (χ0n) is 20.8. The van der Waals surface area contributed by atoms with Gasteiger partial charge in [-0.15, -0.1) is 0 Å². The maximum atomic E-state index is 12.3. The molecule has 0 fully saturated rings. The van der Waals surface area contributed by atoms with Gasteiger partial charge in [-0.2, -0.15) is 0 Å². The minimum absolute atomic E-state index is 0.00637. The van der Waals surface area contributed by atoms with E-state index in [0.29, 0.717) is 19.4 Å². The maximum Gasteiger partial charge on any atom is 0.407 e. The zero-order valence-corrected chi connectivity index (χ0v) is 20.8. The second kappa shape index (κ2) is 12.4. The van der Waals surface area contributed by atoms with Gasteiger partial charge >= 0.3 is 12.1 Å². The molecule has 35 heavy (non-hydrogen) atoms.